The molecule has 5 aliphatic heterocycles. The van der Waals surface area contributed by atoms with Crippen LogP contribution in [0, 0.1) is 0 Å². The van der Waals surface area contributed by atoms with E-state index in [9.17, 15) is 76.3 Å². The van der Waals surface area contributed by atoms with Gasteiger partial charge in [-0.05, 0) is 13.8 Å². The van der Waals surface area contributed by atoms with Crippen LogP contribution in [0.15, 0.2) is 0 Å². The molecule has 5 fully saturated rings. The summed E-state index contributed by atoms with van der Waals surface area (Å²) in [7, 11) is 0. The first-order chi connectivity index (χ1) is 26.8. The van der Waals surface area contributed by atoms with E-state index in [0.717, 1.165) is 6.92 Å². The number of hydrogen-bond donors (Lipinski definition) is 15. The minimum Gasteiger partial charge on any atom is -0.394 e. The molecule has 1 amide bonds. The second-order valence-electron chi connectivity index (χ2n) is 14.7. The smallest absolute Gasteiger partial charge is 0.217 e. The average Bonchev–Trinajstić information content (AvgIpc) is 3.18. The molecule has 0 bridgehead atoms. The molecule has 5 rings (SSSR count). The van der Waals surface area contributed by atoms with E-state index in [2.05, 4.69) is 5.32 Å². The highest BCUT2D eigenvalue weighted by atomic mass is 16.8. The number of nitrogens with one attached hydrogen (secondary N) is 1. The molecule has 0 saturated carbocycles. The van der Waals surface area contributed by atoms with Gasteiger partial charge in [0, 0.05) is 6.92 Å². The quantitative estimate of drug-likeness (QED) is 0.0867. The molecule has 0 unspecified atom stereocenters. The molecule has 25 heteroatoms. The van der Waals surface area contributed by atoms with Crippen molar-refractivity contribution in [3.05, 3.63) is 0 Å². The molecule has 25 nitrogen and oxygen atoms in total. The monoisotopic (exact) mass is 837 g/mol. The van der Waals surface area contributed by atoms with Crippen LogP contribution in [-0.4, -0.2) is 251 Å². The third-order valence-electron chi connectivity index (χ3n) is 10.6. The predicted octanol–water partition coefficient (Wildman–Crippen LogP) is -9.73. The molecule has 15 N–H and O–H groups in total. The summed E-state index contributed by atoms with van der Waals surface area (Å²) < 4.78 is 51.9. The molecule has 0 radical (unpaired) electrons. The number of carbonyl (C=O) groups excluding carboxylic acids is 1. The normalized spacial score (nSPS) is 52.3. The Kier molecular flexibility index (Phi) is 16.0. The first-order valence-corrected chi connectivity index (χ1v) is 18.3. The van der Waals surface area contributed by atoms with Gasteiger partial charge < -0.3 is 119 Å². The second kappa shape index (κ2) is 19.5. The molecule has 0 aromatic heterocycles. The summed E-state index contributed by atoms with van der Waals surface area (Å²) in [6.07, 6.45) is -42.5. The van der Waals surface area contributed by atoms with Crippen molar-refractivity contribution in [3.63, 3.8) is 0 Å². The Labute approximate surface area is 324 Å². The van der Waals surface area contributed by atoms with Crippen molar-refractivity contribution in [1.29, 1.82) is 0 Å². The lowest BCUT2D eigenvalue weighted by Gasteiger charge is -2.52. The summed E-state index contributed by atoms with van der Waals surface area (Å²) in [5.74, 6) is -0.811. The summed E-state index contributed by atoms with van der Waals surface area (Å²) in [5, 5.41) is 150. The minimum atomic E-state index is -2.02. The number of hydrogen-bond acceptors (Lipinski definition) is 24. The molecule has 57 heavy (non-hydrogen) atoms. The zero-order valence-corrected chi connectivity index (χ0v) is 30.9. The van der Waals surface area contributed by atoms with Gasteiger partial charge >= 0.3 is 0 Å². The van der Waals surface area contributed by atoms with Crippen LogP contribution in [0.5, 0.6) is 0 Å². The van der Waals surface area contributed by atoms with Crippen molar-refractivity contribution in [2.45, 2.75) is 174 Å². The lowest BCUT2D eigenvalue weighted by molar-refractivity contribution is -0.398. The van der Waals surface area contributed by atoms with Gasteiger partial charge in [-0.3, -0.25) is 4.79 Å². The molecule has 0 aromatic rings. The maximum atomic E-state index is 12.7. The fourth-order valence-corrected chi connectivity index (χ4v) is 7.29. The summed E-state index contributed by atoms with van der Waals surface area (Å²) >= 11 is 0. The van der Waals surface area contributed by atoms with Crippen molar-refractivity contribution in [2.24, 2.45) is 0 Å². The van der Waals surface area contributed by atoms with Crippen molar-refractivity contribution in [1.82, 2.24) is 5.32 Å². The minimum absolute atomic E-state index is 0.811. The van der Waals surface area contributed by atoms with E-state index in [1.54, 1.807) is 0 Å². The van der Waals surface area contributed by atoms with Gasteiger partial charge in [0.15, 0.2) is 31.5 Å². The molecule has 0 spiro atoms. The first kappa shape index (κ1) is 46.6. The average molecular weight is 838 g/mol. The Morgan fingerprint density at radius 1 is 0.456 bits per heavy atom. The topological polar surface area (TPSA) is 395 Å². The molecular weight excluding hydrogens is 782 g/mol. The fourth-order valence-electron chi connectivity index (χ4n) is 7.29. The Bertz CT molecular complexity index is 1290. The van der Waals surface area contributed by atoms with Crippen LogP contribution in [0.4, 0.5) is 0 Å². The highest BCUT2D eigenvalue weighted by Crippen LogP contribution is 2.37. The van der Waals surface area contributed by atoms with Crippen LogP contribution in [0.2, 0.25) is 0 Å². The number of ether oxygens (including phenoxy) is 9. The van der Waals surface area contributed by atoms with Gasteiger partial charge in [0.1, 0.15) is 110 Å². The van der Waals surface area contributed by atoms with Crippen molar-refractivity contribution >= 4 is 5.91 Å². The molecule has 25 atom stereocenters. The summed E-state index contributed by atoms with van der Waals surface area (Å²) in [6, 6.07) is -1.70. The zero-order valence-electron chi connectivity index (χ0n) is 30.9. The Balaban J connectivity index is 1.54. The molecule has 0 aromatic carbocycles. The van der Waals surface area contributed by atoms with E-state index in [4.69, 9.17) is 42.6 Å². The maximum absolute atomic E-state index is 12.7. The highest BCUT2D eigenvalue weighted by molar-refractivity contribution is 5.73. The van der Waals surface area contributed by atoms with Crippen LogP contribution in [0.25, 0.3) is 0 Å². The van der Waals surface area contributed by atoms with E-state index in [-0.39, 0.29) is 0 Å². The summed E-state index contributed by atoms with van der Waals surface area (Å²) in [4.78, 5) is 12.7. The number of rotatable bonds is 12. The van der Waals surface area contributed by atoms with E-state index in [0.29, 0.717) is 0 Å². The van der Waals surface area contributed by atoms with Gasteiger partial charge in [-0.1, -0.05) is 0 Å². The van der Waals surface area contributed by atoms with Crippen LogP contribution in [0.3, 0.4) is 0 Å². The molecule has 0 aliphatic carbocycles. The van der Waals surface area contributed by atoms with Crippen LogP contribution in [-0.2, 0) is 47.4 Å². The van der Waals surface area contributed by atoms with Gasteiger partial charge in [0.25, 0.3) is 0 Å². The molecule has 5 aliphatic rings. The van der Waals surface area contributed by atoms with Crippen LogP contribution in [0.1, 0.15) is 20.8 Å². The van der Waals surface area contributed by atoms with Gasteiger partial charge in [-0.2, -0.15) is 0 Å². The Hall–Kier alpha value is -1.45. The number of aliphatic hydroxyl groups excluding tert-OH is 14. The predicted molar refractivity (Wildman–Crippen MR) is 175 cm³/mol. The van der Waals surface area contributed by atoms with Crippen molar-refractivity contribution in [3.8, 4) is 0 Å². The second-order valence-corrected chi connectivity index (χ2v) is 14.7. The van der Waals surface area contributed by atoms with E-state index in [1.807, 2.05) is 0 Å². The van der Waals surface area contributed by atoms with Gasteiger partial charge in [0.05, 0.1) is 32.0 Å². The summed E-state index contributed by atoms with van der Waals surface area (Å²) in [5.41, 5.74) is 0. The summed E-state index contributed by atoms with van der Waals surface area (Å²) in [6.45, 7) is 0.931. The van der Waals surface area contributed by atoms with Crippen molar-refractivity contribution < 1.29 is 119 Å². The molecule has 332 valence electrons. The lowest BCUT2D eigenvalue weighted by atomic mass is 9.93. The van der Waals surface area contributed by atoms with Crippen LogP contribution >= 0.6 is 0 Å². The van der Waals surface area contributed by atoms with E-state index >= 15 is 0 Å². The van der Waals surface area contributed by atoms with Crippen LogP contribution < -0.4 is 5.32 Å². The van der Waals surface area contributed by atoms with E-state index in [1.165, 1.54) is 13.8 Å². The molecule has 5 heterocycles. The van der Waals surface area contributed by atoms with E-state index < -0.39 is 179 Å². The maximum Gasteiger partial charge on any atom is 0.217 e. The third-order valence-corrected chi connectivity index (χ3v) is 10.6. The zero-order chi connectivity index (χ0) is 42.2. The lowest BCUT2D eigenvalue weighted by Crippen LogP contribution is -2.71. The SMILES string of the molecule is CC(=O)N[C@H]1[C@H](O[C@@H]2[C@@H](O)[C@H](O)O[C@H](CO)[C@@H]2O)O[C@H](CO)[C@@H](O[C@@H]2O[C@H](CO)[C@H](O)[C@H](O)[C@H]2O[C@@H]2O[C@@H](C)[C@@H](O)[C@@H](O)[C@@H]2O)[C@@H]1O[C@@H]1O[C@@H](C)[C@@H](O)[C@@H](O)[C@@H]1O. The Morgan fingerprint density at radius 3 is 1.42 bits per heavy atom. The Morgan fingerprint density at radius 2 is 0.912 bits per heavy atom. The fraction of sp³-hybridized carbons (Fsp3) is 0.969. The third kappa shape index (κ3) is 9.71. The molecule has 5 saturated heterocycles. The van der Waals surface area contributed by atoms with Gasteiger partial charge in [-0.15, -0.1) is 0 Å². The first-order valence-electron chi connectivity index (χ1n) is 18.3. The number of aliphatic hydroxyl groups is 14. The largest absolute Gasteiger partial charge is 0.394 e. The highest BCUT2D eigenvalue weighted by Gasteiger charge is 2.57. The molecular formula is C32H55NO24. The number of carbonyl (C=O) groups is 1. The van der Waals surface area contributed by atoms with Gasteiger partial charge in [-0.25, -0.2) is 0 Å². The van der Waals surface area contributed by atoms with Gasteiger partial charge in [0.2, 0.25) is 5.91 Å². The van der Waals surface area contributed by atoms with Crippen molar-refractivity contribution in [2.75, 3.05) is 19.8 Å². The number of amides is 1. The standard InChI is InChI=1S/C32H55NO24/c1-7-14(38)18(42)21(45)30(49-7)55-25-13(33-9(3)37)29(56-26-17(41)11(5-35)51-28(48)23(26)47)53-12(6-36)24(25)54-32-27(20(44)16(40)10(4-34)52-32)57-31-22(46)19(43)15(39)8(2)50-31/h7-8,10-32,34-36,38-48H,4-6H2,1-3H3,(H,33,37)/t7-,8-,10+,11+,12+,13+,14+,15+,16-,17-,18+,19+,20-,21-,22-,23+,24+,25+,26-,27+,28+,29-,30-,31-,32-/m0/s1.